The normalized spacial score (nSPS) is 24.8. The lowest BCUT2D eigenvalue weighted by Crippen LogP contribution is -2.23. The Morgan fingerprint density at radius 1 is 1.67 bits per heavy atom. The van der Waals surface area contributed by atoms with Crippen LogP contribution in [0.4, 0.5) is 0 Å². The molecule has 0 aromatic rings. The first-order chi connectivity index (χ1) is 4.43. The van der Waals surface area contributed by atoms with E-state index in [1.54, 1.807) is 0 Å². The summed E-state index contributed by atoms with van der Waals surface area (Å²) in [6.07, 6.45) is 4.27. The minimum Gasteiger partial charge on any atom is -0.392 e. The van der Waals surface area contributed by atoms with Gasteiger partial charge in [-0.1, -0.05) is 11.6 Å². The molecule has 2 nitrogen and oxygen atoms in total. The Bertz CT molecular complexity index is 101. The van der Waals surface area contributed by atoms with Gasteiger partial charge in [0.25, 0.3) is 0 Å². The Labute approximate surface area is 55.6 Å². The Morgan fingerprint density at radius 2 is 2.56 bits per heavy atom. The van der Waals surface area contributed by atoms with Crippen molar-refractivity contribution in [3.8, 4) is 0 Å². The number of rotatable bonds is 1. The standard InChI is InChI=1S/C7H13NO/c9-5-3-7-2-1-4-8-6-7/h3,8-9H,1-2,4-6H2/b7-3-. The molecular formula is C7H13NO. The van der Waals surface area contributed by atoms with Gasteiger partial charge in [0.05, 0.1) is 6.61 Å². The van der Waals surface area contributed by atoms with Gasteiger partial charge in [-0.15, -0.1) is 0 Å². The van der Waals surface area contributed by atoms with Crippen molar-refractivity contribution in [2.24, 2.45) is 0 Å². The molecule has 0 spiro atoms. The van der Waals surface area contributed by atoms with Crippen LogP contribution in [0.3, 0.4) is 0 Å². The van der Waals surface area contributed by atoms with Crippen molar-refractivity contribution in [1.29, 1.82) is 0 Å². The first-order valence-corrected chi connectivity index (χ1v) is 3.43. The summed E-state index contributed by atoms with van der Waals surface area (Å²) in [5, 5.41) is 11.8. The van der Waals surface area contributed by atoms with Gasteiger partial charge < -0.3 is 10.4 Å². The van der Waals surface area contributed by atoms with Gasteiger partial charge in [-0.05, 0) is 19.4 Å². The summed E-state index contributed by atoms with van der Waals surface area (Å²) >= 11 is 0. The van der Waals surface area contributed by atoms with Crippen LogP contribution in [0.15, 0.2) is 11.6 Å². The number of aliphatic hydroxyl groups excluding tert-OH is 1. The number of nitrogens with one attached hydrogen (secondary N) is 1. The van der Waals surface area contributed by atoms with Gasteiger partial charge in [0.1, 0.15) is 0 Å². The molecule has 1 fully saturated rings. The number of aliphatic hydroxyl groups is 1. The van der Waals surface area contributed by atoms with Crippen LogP contribution in [-0.2, 0) is 0 Å². The maximum absolute atomic E-state index is 8.51. The smallest absolute Gasteiger partial charge is 0.0615 e. The molecule has 0 aromatic carbocycles. The quantitative estimate of drug-likeness (QED) is 0.496. The van der Waals surface area contributed by atoms with Crippen LogP contribution in [0.2, 0.25) is 0 Å². The highest BCUT2D eigenvalue weighted by atomic mass is 16.2. The van der Waals surface area contributed by atoms with Crippen molar-refractivity contribution in [3.63, 3.8) is 0 Å². The lowest BCUT2D eigenvalue weighted by atomic mass is 10.1. The van der Waals surface area contributed by atoms with E-state index in [-0.39, 0.29) is 6.61 Å². The van der Waals surface area contributed by atoms with Crippen LogP contribution in [0.1, 0.15) is 12.8 Å². The van der Waals surface area contributed by atoms with Gasteiger partial charge in [0.2, 0.25) is 0 Å². The summed E-state index contributed by atoms with van der Waals surface area (Å²) in [7, 11) is 0. The average molecular weight is 127 g/mol. The third-order valence-corrected chi connectivity index (χ3v) is 1.58. The fourth-order valence-electron chi connectivity index (χ4n) is 1.08. The molecule has 1 aliphatic heterocycles. The molecule has 9 heavy (non-hydrogen) atoms. The Morgan fingerprint density at radius 3 is 3.11 bits per heavy atom. The summed E-state index contributed by atoms with van der Waals surface area (Å²) < 4.78 is 0. The van der Waals surface area contributed by atoms with Gasteiger partial charge in [-0.2, -0.15) is 0 Å². The third-order valence-electron chi connectivity index (χ3n) is 1.58. The van der Waals surface area contributed by atoms with Crippen LogP contribution >= 0.6 is 0 Å². The molecule has 2 heteroatoms. The van der Waals surface area contributed by atoms with Crippen molar-refractivity contribution in [2.45, 2.75) is 12.8 Å². The fourth-order valence-corrected chi connectivity index (χ4v) is 1.08. The van der Waals surface area contributed by atoms with Crippen molar-refractivity contribution in [2.75, 3.05) is 19.7 Å². The lowest BCUT2D eigenvalue weighted by molar-refractivity contribution is 0.340. The number of piperidine rings is 1. The second-order valence-electron chi connectivity index (χ2n) is 2.33. The molecule has 2 N–H and O–H groups in total. The highest BCUT2D eigenvalue weighted by molar-refractivity contribution is 5.06. The zero-order chi connectivity index (χ0) is 6.53. The zero-order valence-electron chi connectivity index (χ0n) is 5.56. The molecule has 52 valence electrons. The summed E-state index contributed by atoms with van der Waals surface area (Å²) in [6, 6.07) is 0. The van der Waals surface area contributed by atoms with E-state index in [0.29, 0.717) is 0 Å². The summed E-state index contributed by atoms with van der Waals surface area (Å²) in [5.41, 5.74) is 1.35. The predicted molar refractivity (Wildman–Crippen MR) is 37.3 cm³/mol. The molecule has 0 atom stereocenters. The van der Waals surface area contributed by atoms with E-state index in [4.69, 9.17) is 5.11 Å². The fraction of sp³-hybridized carbons (Fsp3) is 0.714. The van der Waals surface area contributed by atoms with E-state index in [1.807, 2.05) is 6.08 Å². The molecule has 1 aliphatic rings. The van der Waals surface area contributed by atoms with Gasteiger partial charge in [-0.3, -0.25) is 0 Å². The molecule has 1 heterocycles. The van der Waals surface area contributed by atoms with Crippen molar-refractivity contribution in [1.82, 2.24) is 5.32 Å². The minimum absolute atomic E-state index is 0.191. The van der Waals surface area contributed by atoms with E-state index >= 15 is 0 Å². The number of hydrogen-bond donors (Lipinski definition) is 2. The topological polar surface area (TPSA) is 32.3 Å². The Kier molecular flexibility index (Phi) is 2.74. The molecule has 0 amide bonds. The summed E-state index contributed by atoms with van der Waals surface area (Å²) in [4.78, 5) is 0. The Balaban J connectivity index is 2.30. The average Bonchev–Trinajstić information content (AvgIpc) is 1.91. The highest BCUT2D eigenvalue weighted by Gasteiger charge is 2.01. The Hall–Kier alpha value is -0.340. The molecule has 1 rings (SSSR count). The minimum atomic E-state index is 0.191. The van der Waals surface area contributed by atoms with Crippen LogP contribution < -0.4 is 5.32 Å². The SMILES string of the molecule is OC/C=C1/CCCNC1. The van der Waals surface area contributed by atoms with Crippen LogP contribution in [0, 0.1) is 0 Å². The van der Waals surface area contributed by atoms with Crippen molar-refractivity contribution in [3.05, 3.63) is 11.6 Å². The van der Waals surface area contributed by atoms with E-state index in [2.05, 4.69) is 5.32 Å². The van der Waals surface area contributed by atoms with Gasteiger partial charge >= 0.3 is 0 Å². The second kappa shape index (κ2) is 3.64. The largest absolute Gasteiger partial charge is 0.392 e. The molecule has 0 unspecified atom stereocenters. The molecule has 0 aliphatic carbocycles. The van der Waals surface area contributed by atoms with Gasteiger partial charge in [0.15, 0.2) is 0 Å². The molecule has 1 saturated heterocycles. The van der Waals surface area contributed by atoms with Crippen LogP contribution in [-0.4, -0.2) is 24.8 Å². The monoisotopic (exact) mass is 127 g/mol. The van der Waals surface area contributed by atoms with Crippen LogP contribution in [0.5, 0.6) is 0 Å². The first kappa shape index (κ1) is 6.78. The third kappa shape index (κ3) is 2.16. The highest BCUT2D eigenvalue weighted by Crippen LogP contribution is 2.06. The van der Waals surface area contributed by atoms with Crippen molar-refractivity contribution < 1.29 is 5.11 Å². The second-order valence-corrected chi connectivity index (χ2v) is 2.33. The molecule has 0 bridgehead atoms. The van der Waals surface area contributed by atoms with Gasteiger partial charge in [0, 0.05) is 6.54 Å². The summed E-state index contributed by atoms with van der Waals surface area (Å²) in [5.74, 6) is 0. The van der Waals surface area contributed by atoms with Gasteiger partial charge in [-0.25, -0.2) is 0 Å². The predicted octanol–water partition coefficient (Wildman–Crippen LogP) is 0.289. The van der Waals surface area contributed by atoms with E-state index in [0.717, 1.165) is 19.5 Å². The molecule has 0 saturated carbocycles. The summed E-state index contributed by atoms with van der Waals surface area (Å²) in [6.45, 7) is 2.29. The van der Waals surface area contributed by atoms with E-state index in [9.17, 15) is 0 Å². The number of hydrogen-bond acceptors (Lipinski definition) is 2. The maximum atomic E-state index is 8.51. The lowest BCUT2D eigenvalue weighted by Gasteiger charge is -2.14. The molecule has 0 radical (unpaired) electrons. The zero-order valence-corrected chi connectivity index (χ0v) is 5.56. The molecule has 0 aromatic heterocycles. The molecular weight excluding hydrogens is 114 g/mol. The first-order valence-electron chi connectivity index (χ1n) is 3.43. The van der Waals surface area contributed by atoms with Crippen LogP contribution in [0.25, 0.3) is 0 Å². The maximum Gasteiger partial charge on any atom is 0.0615 e. The van der Waals surface area contributed by atoms with Crippen molar-refractivity contribution >= 4 is 0 Å². The van der Waals surface area contributed by atoms with E-state index in [1.165, 1.54) is 12.0 Å². The van der Waals surface area contributed by atoms with E-state index < -0.39 is 0 Å².